The molecule has 0 radical (unpaired) electrons. The van der Waals surface area contributed by atoms with Crippen LogP contribution in [-0.2, 0) is 9.84 Å². The van der Waals surface area contributed by atoms with Crippen LogP contribution in [0.3, 0.4) is 0 Å². The summed E-state index contributed by atoms with van der Waals surface area (Å²) in [5, 5.41) is 3.45. The van der Waals surface area contributed by atoms with Crippen molar-refractivity contribution in [2.24, 2.45) is 5.92 Å². The first-order valence-electron chi connectivity index (χ1n) is 5.61. The van der Waals surface area contributed by atoms with Crippen molar-refractivity contribution in [2.45, 2.75) is 33.2 Å². The van der Waals surface area contributed by atoms with E-state index in [1.54, 1.807) is 11.8 Å². The standard InChI is InChI=1S/C11H25NO2S2/c1-10(8-12-11(2,3)4)9-15-6-7-16(5,13)14/h10,12H,6-9H2,1-5H3. The highest BCUT2D eigenvalue weighted by Gasteiger charge is 2.11. The smallest absolute Gasteiger partial charge is 0.148 e. The van der Waals surface area contributed by atoms with Crippen molar-refractivity contribution >= 4 is 21.6 Å². The highest BCUT2D eigenvalue weighted by atomic mass is 32.2. The lowest BCUT2D eigenvalue weighted by molar-refractivity contribution is 0.395. The van der Waals surface area contributed by atoms with Gasteiger partial charge in [-0.25, -0.2) is 8.42 Å². The third-order valence-corrected chi connectivity index (χ3v) is 4.48. The fourth-order valence-electron chi connectivity index (χ4n) is 1.03. The van der Waals surface area contributed by atoms with E-state index in [0.717, 1.165) is 12.3 Å². The summed E-state index contributed by atoms with van der Waals surface area (Å²) in [5.41, 5.74) is 0.158. The zero-order valence-electron chi connectivity index (χ0n) is 11.0. The highest BCUT2D eigenvalue weighted by molar-refractivity contribution is 8.00. The molecule has 0 saturated heterocycles. The van der Waals surface area contributed by atoms with Crippen molar-refractivity contribution in [2.75, 3.05) is 30.1 Å². The zero-order chi connectivity index (χ0) is 12.8. The maximum absolute atomic E-state index is 10.9. The Morgan fingerprint density at radius 1 is 1.31 bits per heavy atom. The number of hydrogen-bond acceptors (Lipinski definition) is 4. The minimum absolute atomic E-state index is 0.158. The van der Waals surface area contributed by atoms with E-state index >= 15 is 0 Å². The summed E-state index contributed by atoms with van der Waals surface area (Å²) >= 11 is 1.72. The summed E-state index contributed by atoms with van der Waals surface area (Å²) in [6.45, 7) is 9.62. The molecular formula is C11H25NO2S2. The maximum Gasteiger partial charge on any atom is 0.148 e. The third kappa shape index (κ3) is 12.3. The second-order valence-electron chi connectivity index (χ2n) is 5.44. The SMILES string of the molecule is CC(CNC(C)(C)C)CSCCS(C)(=O)=O. The van der Waals surface area contributed by atoms with Gasteiger partial charge >= 0.3 is 0 Å². The summed E-state index contributed by atoms with van der Waals surface area (Å²) in [7, 11) is -2.79. The first-order chi connectivity index (χ1) is 7.10. The Bertz CT molecular complexity index is 281. The molecule has 5 heteroatoms. The van der Waals surface area contributed by atoms with Crippen LogP contribution in [0.4, 0.5) is 0 Å². The molecule has 1 atom stereocenters. The Balaban J connectivity index is 3.55. The minimum Gasteiger partial charge on any atom is -0.312 e. The summed E-state index contributed by atoms with van der Waals surface area (Å²) in [6.07, 6.45) is 1.29. The van der Waals surface area contributed by atoms with Crippen molar-refractivity contribution in [1.82, 2.24) is 5.32 Å². The first kappa shape index (κ1) is 16.3. The van der Waals surface area contributed by atoms with Gasteiger partial charge in [-0.3, -0.25) is 0 Å². The number of sulfone groups is 1. The molecule has 0 amide bonds. The van der Waals surface area contributed by atoms with Crippen LogP contribution in [0.5, 0.6) is 0 Å². The molecule has 0 bridgehead atoms. The molecule has 0 fully saturated rings. The molecule has 0 aromatic rings. The van der Waals surface area contributed by atoms with Crippen LogP contribution in [0.2, 0.25) is 0 Å². The molecule has 0 aliphatic heterocycles. The zero-order valence-corrected chi connectivity index (χ0v) is 12.7. The summed E-state index contributed by atoms with van der Waals surface area (Å²) in [6, 6.07) is 0. The van der Waals surface area contributed by atoms with E-state index in [9.17, 15) is 8.42 Å². The van der Waals surface area contributed by atoms with Gasteiger partial charge in [0.15, 0.2) is 0 Å². The molecule has 0 aromatic heterocycles. The molecule has 0 heterocycles. The van der Waals surface area contributed by atoms with Crippen molar-refractivity contribution in [1.29, 1.82) is 0 Å². The van der Waals surface area contributed by atoms with Gasteiger partial charge in [0.2, 0.25) is 0 Å². The average Bonchev–Trinajstić information content (AvgIpc) is 2.06. The molecule has 98 valence electrons. The predicted octanol–water partition coefficient (Wildman–Crippen LogP) is 1.79. The fourth-order valence-corrected chi connectivity index (χ4v) is 3.40. The van der Waals surface area contributed by atoms with Crippen molar-refractivity contribution in [3.8, 4) is 0 Å². The third-order valence-electron chi connectivity index (χ3n) is 1.98. The molecule has 0 rings (SSSR count). The van der Waals surface area contributed by atoms with E-state index < -0.39 is 9.84 Å². The summed E-state index contributed by atoms with van der Waals surface area (Å²) in [5.74, 6) is 2.58. The van der Waals surface area contributed by atoms with Gasteiger partial charge in [-0.15, -0.1) is 0 Å². The number of nitrogens with one attached hydrogen (secondary N) is 1. The Kier molecular flexibility index (Phi) is 6.98. The lowest BCUT2D eigenvalue weighted by Crippen LogP contribution is -2.39. The van der Waals surface area contributed by atoms with Crippen molar-refractivity contribution in [3.05, 3.63) is 0 Å². The average molecular weight is 267 g/mol. The number of thioether (sulfide) groups is 1. The molecule has 0 aromatic carbocycles. The predicted molar refractivity (Wildman–Crippen MR) is 74.0 cm³/mol. The molecule has 1 unspecified atom stereocenters. The molecule has 0 saturated carbocycles. The molecular weight excluding hydrogens is 242 g/mol. The molecule has 0 aliphatic carbocycles. The Hall–Kier alpha value is 0.260. The van der Waals surface area contributed by atoms with Crippen LogP contribution in [0, 0.1) is 5.92 Å². The minimum atomic E-state index is -2.79. The van der Waals surface area contributed by atoms with Gasteiger partial charge in [-0.1, -0.05) is 6.92 Å². The Labute approximate surface area is 105 Å². The summed E-state index contributed by atoms with van der Waals surface area (Å²) < 4.78 is 21.8. The normalized spacial score (nSPS) is 15.1. The van der Waals surface area contributed by atoms with Gasteiger partial charge in [-0.2, -0.15) is 11.8 Å². The van der Waals surface area contributed by atoms with Crippen LogP contribution in [0.15, 0.2) is 0 Å². The quantitative estimate of drug-likeness (QED) is 0.714. The molecule has 3 nitrogen and oxygen atoms in total. The molecule has 1 N–H and O–H groups in total. The second kappa shape index (κ2) is 6.87. The molecule has 0 aliphatic rings. The Morgan fingerprint density at radius 2 is 1.88 bits per heavy atom. The fraction of sp³-hybridized carbons (Fsp3) is 1.00. The van der Waals surface area contributed by atoms with E-state index in [2.05, 4.69) is 33.0 Å². The van der Waals surface area contributed by atoms with Crippen LogP contribution in [-0.4, -0.2) is 44.0 Å². The van der Waals surface area contributed by atoms with Crippen LogP contribution < -0.4 is 5.32 Å². The monoisotopic (exact) mass is 267 g/mol. The van der Waals surface area contributed by atoms with Crippen LogP contribution >= 0.6 is 11.8 Å². The highest BCUT2D eigenvalue weighted by Crippen LogP contribution is 2.09. The van der Waals surface area contributed by atoms with Gasteiger partial charge in [0.1, 0.15) is 9.84 Å². The number of rotatable bonds is 7. The number of hydrogen-bond donors (Lipinski definition) is 1. The van der Waals surface area contributed by atoms with E-state index in [4.69, 9.17) is 0 Å². The van der Waals surface area contributed by atoms with E-state index in [1.807, 2.05) is 0 Å². The van der Waals surface area contributed by atoms with E-state index in [1.165, 1.54) is 6.26 Å². The topological polar surface area (TPSA) is 46.2 Å². The van der Waals surface area contributed by atoms with Crippen molar-refractivity contribution < 1.29 is 8.42 Å². The van der Waals surface area contributed by atoms with Gasteiger partial charge in [0.05, 0.1) is 5.75 Å². The molecule has 16 heavy (non-hydrogen) atoms. The van der Waals surface area contributed by atoms with Gasteiger partial charge < -0.3 is 5.32 Å². The second-order valence-corrected chi connectivity index (χ2v) is 8.85. The van der Waals surface area contributed by atoms with Crippen LogP contribution in [0.1, 0.15) is 27.7 Å². The lowest BCUT2D eigenvalue weighted by atomic mass is 10.1. The molecule has 0 spiro atoms. The van der Waals surface area contributed by atoms with E-state index in [0.29, 0.717) is 11.7 Å². The first-order valence-corrected chi connectivity index (χ1v) is 8.82. The largest absolute Gasteiger partial charge is 0.312 e. The van der Waals surface area contributed by atoms with Crippen LogP contribution in [0.25, 0.3) is 0 Å². The maximum atomic E-state index is 10.9. The Morgan fingerprint density at radius 3 is 2.31 bits per heavy atom. The van der Waals surface area contributed by atoms with E-state index in [-0.39, 0.29) is 11.3 Å². The van der Waals surface area contributed by atoms with Gasteiger partial charge in [-0.05, 0) is 39.0 Å². The van der Waals surface area contributed by atoms with Crippen molar-refractivity contribution in [3.63, 3.8) is 0 Å². The van der Waals surface area contributed by atoms with Gasteiger partial charge in [0.25, 0.3) is 0 Å². The lowest BCUT2D eigenvalue weighted by Gasteiger charge is -2.23. The van der Waals surface area contributed by atoms with Gasteiger partial charge in [0, 0.05) is 17.5 Å². The summed E-state index contributed by atoms with van der Waals surface area (Å²) in [4.78, 5) is 0.